The fourth-order valence-corrected chi connectivity index (χ4v) is 2.46. The number of rotatable bonds is 5. The highest BCUT2D eigenvalue weighted by Gasteiger charge is 2.26. The lowest BCUT2D eigenvalue weighted by atomic mass is 10.1. The van der Waals surface area contributed by atoms with Crippen molar-refractivity contribution >= 4 is 5.91 Å². The summed E-state index contributed by atoms with van der Waals surface area (Å²) in [6, 6.07) is 0. The van der Waals surface area contributed by atoms with Crippen LogP contribution >= 0.6 is 0 Å². The lowest BCUT2D eigenvalue weighted by Gasteiger charge is -2.29. The minimum absolute atomic E-state index is 0.241. The summed E-state index contributed by atoms with van der Waals surface area (Å²) in [7, 11) is 5.75. The molecule has 2 rings (SSSR count). The van der Waals surface area contributed by atoms with Gasteiger partial charge in [0.15, 0.2) is 0 Å². The van der Waals surface area contributed by atoms with Crippen molar-refractivity contribution in [2.24, 2.45) is 7.05 Å². The molecule has 0 atom stereocenters. The van der Waals surface area contributed by atoms with E-state index in [1.165, 1.54) is 0 Å². The molecule has 0 aliphatic heterocycles. The molecular weight excluding hydrogens is 282 g/mol. The van der Waals surface area contributed by atoms with Gasteiger partial charge in [-0.3, -0.25) is 9.48 Å². The van der Waals surface area contributed by atoms with Crippen molar-refractivity contribution in [3.05, 3.63) is 23.8 Å². The van der Waals surface area contributed by atoms with E-state index in [0.717, 1.165) is 12.1 Å². The van der Waals surface area contributed by atoms with E-state index in [-0.39, 0.29) is 17.2 Å². The summed E-state index contributed by atoms with van der Waals surface area (Å²) in [6.45, 7) is 6.43. The Hall–Kier alpha value is -2.15. The van der Waals surface area contributed by atoms with E-state index in [9.17, 15) is 4.79 Å². The van der Waals surface area contributed by atoms with Crippen LogP contribution in [0, 0.1) is 6.92 Å². The average Bonchev–Trinajstić information content (AvgIpc) is 2.92. The van der Waals surface area contributed by atoms with E-state index in [0.29, 0.717) is 11.6 Å². The van der Waals surface area contributed by atoms with Crippen LogP contribution in [-0.4, -0.2) is 51.8 Å². The highest BCUT2D eigenvalue weighted by Crippen LogP contribution is 2.21. The Bertz CT molecular complexity index is 669. The van der Waals surface area contributed by atoms with Gasteiger partial charge in [-0.1, -0.05) is 0 Å². The number of amides is 1. The van der Waals surface area contributed by atoms with Gasteiger partial charge in [-0.25, -0.2) is 4.98 Å². The molecule has 0 radical (unpaired) electrons. The van der Waals surface area contributed by atoms with Crippen molar-refractivity contribution in [2.75, 3.05) is 20.6 Å². The predicted octanol–water partition coefficient (Wildman–Crippen LogP) is 1.45. The van der Waals surface area contributed by atoms with Gasteiger partial charge < -0.3 is 14.6 Å². The molecule has 0 saturated carbocycles. The molecule has 7 heteroatoms. The number of nitrogens with zero attached hydrogens (tertiary/aromatic N) is 4. The van der Waals surface area contributed by atoms with E-state index < -0.39 is 0 Å². The number of nitrogens with one attached hydrogen (secondary N) is 1. The summed E-state index contributed by atoms with van der Waals surface area (Å²) < 4.78 is 7.30. The number of hydrogen-bond acceptors (Lipinski definition) is 5. The van der Waals surface area contributed by atoms with Crippen LogP contribution in [0.3, 0.4) is 0 Å². The van der Waals surface area contributed by atoms with Gasteiger partial charge in [0, 0.05) is 25.3 Å². The molecule has 0 spiro atoms. The molecule has 0 saturated heterocycles. The second kappa shape index (κ2) is 5.92. The van der Waals surface area contributed by atoms with Gasteiger partial charge >= 0.3 is 0 Å². The average molecular weight is 305 g/mol. The molecule has 0 bridgehead atoms. The molecule has 1 amide bonds. The largest absolute Gasteiger partial charge is 0.431 e. The quantitative estimate of drug-likeness (QED) is 0.905. The Balaban J connectivity index is 2.19. The third-order valence-corrected chi connectivity index (χ3v) is 3.12. The number of aromatic nitrogens is 3. The molecule has 0 unspecified atom stereocenters. The number of hydrogen-bond donors (Lipinski definition) is 1. The molecule has 2 heterocycles. The molecule has 0 fully saturated rings. The zero-order valence-corrected chi connectivity index (χ0v) is 14.0. The Morgan fingerprint density at radius 1 is 1.45 bits per heavy atom. The van der Waals surface area contributed by atoms with Crippen LogP contribution < -0.4 is 5.32 Å². The van der Waals surface area contributed by atoms with Crippen LogP contribution in [0.1, 0.15) is 30.1 Å². The van der Waals surface area contributed by atoms with Gasteiger partial charge in [0.1, 0.15) is 0 Å². The van der Waals surface area contributed by atoms with E-state index in [1.54, 1.807) is 24.0 Å². The first-order valence-electron chi connectivity index (χ1n) is 7.11. The summed E-state index contributed by atoms with van der Waals surface area (Å²) in [5.74, 6) is 0.388. The van der Waals surface area contributed by atoms with Crippen LogP contribution in [0.15, 0.2) is 16.8 Å². The van der Waals surface area contributed by atoms with Gasteiger partial charge in [0.25, 0.3) is 5.91 Å². The zero-order chi connectivity index (χ0) is 16.5. The summed E-state index contributed by atoms with van der Waals surface area (Å²) in [5, 5.41) is 7.06. The smallest absolute Gasteiger partial charge is 0.289 e. The van der Waals surface area contributed by atoms with Crippen LogP contribution in [0.4, 0.5) is 0 Å². The van der Waals surface area contributed by atoms with Crippen molar-refractivity contribution in [2.45, 2.75) is 26.3 Å². The Labute approximate surface area is 130 Å². The Morgan fingerprint density at radius 2 is 2.14 bits per heavy atom. The number of oxazole rings is 1. The van der Waals surface area contributed by atoms with Crippen molar-refractivity contribution in [3.63, 3.8) is 0 Å². The topological polar surface area (TPSA) is 76.2 Å². The normalized spacial score (nSPS) is 12.0. The second-order valence-corrected chi connectivity index (χ2v) is 6.41. The number of aryl methyl sites for hydroxylation is 2. The molecule has 22 heavy (non-hydrogen) atoms. The van der Waals surface area contributed by atoms with E-state index in [1.807, 2.05) is 39.9 Å². The number of carbonyl (C=O) groups excluding carboxylic acids is 1. The molecule has 0 aliphatic rings. The molecule has 2 aromatic heterocycles. The van der Waals surface area contributed by atoms with Crippen LogP contribution in [0.5, 0.6) is 0 Å². The SMILES string of the molecule is Cc1nc(-c2cnn(C)c2)oc1C(=O)NC(C)(C)CN(C)C. The highest BCUT2D eigenvalue weighted by molar-refractivity contribution is 5.93. The number of carbonyl (C=O) groups is 1. The van der Waals surface area contributed by atoms with Crippen molar-refractivity contribution in [1.29, 1.82) is 0 Å². The van der Waals surface area contributed by atoms with Gasteiger partial charge in [0.05, 0.1) is 17.5 Å². The second-order valence-electron chi connectivity index (χ2n) is 6.41. The summed E-state index contributed by atoms with van der Waals surface area (Å²) in [5.41, 5.74) is 0.947. The fraction of sp³-hybridized carbons (Fsp3) is 0.533. The zero-order valence-electron chi connectivity index (χ0n) is 14.0. The standard InChI is InChI=1S/C15H23N5O2/c1-10-12(13(21)18-15(2,3)9-19(4)5)22-14(17-10)11-7-16-20(6)8-11/h7-8H,9H2,1-6H3,(H,18,21). The fourth-order valence-electron chi connectivity index (χ4n) is 2.46. The van der Waals surface area contributed by atoms with Crippen LogP contribution in [0.2, 0.25) is 0 Å². The number of likely N-dealkylation sites (N-methyl/N-ethyl adjacent to an activating group) is 1. The van der Waals surface area contributed by atoms with Gasteiger partial charge in [-0.05, 0) is 34.9 Å². The highest BCUT2D eigenvalue weighted by atomic mass is 16.4. The summed E-state index contributed by atoms with van der Waals surface area (Å²) in [4.78, 5) is 18.8. The lowest BCUT2D eigenvalue weighted by molar-refractivity contribution is 0.0871. The monoisotopic (exact) mass is 305 g/mol. The van der Waals surface area contributed by atoms with Crippen molar-refractivity contribution in [3.8, 4) is 11.5 Å². The lowest BCUT2D eigenvalue weighted by Crippen LogP contribution is -2.50. The molecule has 7 nitrogen and oxygen atoms in total. The van der Waals surface area contributed by atoms with Crippen LogP contribution in [0.25, 0.3) is 11.5 Å². The summed E-state index contributed by atoms with van der Waals surface area (Å²) >= 11 is 0. The summed E-state index contributed by atoms with van der Waals surface area (Å²) in [6.07, 6.45) is 3.45. The first-order chi connectivity index (χ1) is 10.2. The predicted molar refractivity (Wildman–Crippen MR) is 83.5 cm³/mol. The third kappa shape index (κ3) is 3.73. The van der Waals surface area contributed by atoms with Crippen LogP contribution in [-0.2, 0) is 7.05 Å². The molecule has 0 aliphatic carbocycles. The van der Waals surface area contributed by atoms with Gasteiger partial charge in [-0.15, -0.1) is 0 Å². The minimum atomic E-state index is -0.367. The van der Waals surface area contributed by atoms with Crippen molar-refractivity contribution in [1.82, 2.24) is 25.0 Å². The first-order valence-corrected chi connectivity index (χ1v) is 7.11. The molecule has 0 aromatic carbocycles. The molecule has 1 N–H and O–H groups in total. The maximum Gasteiger partial charge on any atom is 0.289 e. The van der Waals surface area contributed by atoms with Crippen molar-refractivity contribution < 1.29 is 9.21 Å². The van der Waals surface area contributed by atoms with E-state index in [4.69, 9.17) is 4.42 Å². The molecular formula is C15H23N5O2. The minimum Gasteiger partial charge on any atom is -0.431 e. The maximum atomic E-state index is 12.4. The van der Waals surface area contributed by atoms with Gasteiger partial charge in [-0.2, -0.15) is 5.10 Å². The molecule has 2 aromatic rings. The van der Waals surface area contributed by atoms with Gasteiger partial charge in [0.2, 0.25) is 11.7 Å². The van der Waals surface area contributed by atoms with E-state index >= 15 is 0 Å². The third-order valence-electron chi connectivity index (χ3n) is 3.12. The Kier molecular flexibility index (Phi) is 4.37. The molecule has 120 valence electrons. The first kappa shape index (κ1) is 16.2. The van der Waals surface area contributed by atoms with E-state index in [2.05, 4.69) is 15.4 Å². The maximum absolute atomic E-state index is 12.4. The Morgan fingerprint density at radius 3 is 2.68 bits per heavy atom.